The molecule has 1 aromatic rings. The van der Waals surface area contributed by atoms with Crippen molar-refractivity contribution in [2.45, 2.75) is 31.2 Å². The van der Waals surface area contributed by atoms with Gasteiger partial charge in [0.15, 0.2) is 0 Å². The minimum absolute atomic E-state index is 0.104. The number of amides is 1. The highest BCUT2D eigenvalue weighted by molar-refractivity contribution is 9.10. The summed E-state index contributed by atoms with van der Waals surface area (Å²) >= 11 is 3.18. The summed E-state index contributed by atoms with van der Waals surface area (Å²) in [7, 11) is -2.35. The van der Waals surface area contributed by atoms with Crippen LogP contribution in [-0.4, -0.2) is 34.1 Å². The van der Waals surface area contributed by atoms with E-state index in [1.54, 1.807) is 20.1 Å². The normalized spacial score (nSPS) is 13.0. The van der Waals surface area contributed by atoms with Gasteiger partial charge in [0.05, 0.1) is 17.5 Å². The number of benzene rings is 1. The van der Waals surface area contributed by atoms with Crippen molar-refractivity contribution in [1.82, 2.24) is 5.32 Å². The Balaban J connectivity index is 3.14. The smallest absolute Gasteiger partial charge is 0.251 e. The number of halogens is 1. The van der Waals surface area contributed by atoms with Crippen LogP contribution in [0.1, 0.15) is 29.3 Å². The number of nitrogens with one attached hydrogen (secondary N) is 1. The average molecular weight is 379 g/mol. The molecule has 118 valence electrons. The number of carbonyl (C=O) groups is 1. The molecule has 1 atom stereocenters. The highest BCUT2D eigenvalue weighted by Crippen LogP contribution is 2.26. The molecule has 0 fully saturated rings. The summed E-state index contributed by atoms with van der Waals surface area (Å²) in [6, 6.07) is 2.74. The third-order valence-corrected chi connectivity index (χ3v) is 5.24. The molecule has 0 aliphatic heterocycles. The molecular formula is C13H19BrN2O4S. The second-order valence-electron chi connectivity index (χ2n) is 4.68. The molecule has 0 aromatic heterocycles. The third kappa shape index (κ3) is 4.77. The van der Waals surface area contributed by atoms with Crippen LogP contribution in [0.5, 0.6) is 0 Å². The predicted molar refractivity (Wildman–Crippen MR) is 83.7 cm³/mol. The maximum absolute atomic E-state index is 12.2. The van der Waals surface area contributed by atoms with Crippen molar-refractivity contribution < 1.29 is 17.9 Å². The molecule has 0 aliphatic rings. The fourth-order valence-corrected chi connectivity index (χ4v) is 3.41. The van der Waals surface area contributed by atoms with E-state index in [1.165, 1.54) is 6.07 Å². The van der Waals surface area contributed by atoms with E-state index in [9.17, 15) is 13.2 Å². The van der Waals surface area contributed by atoms with E-state index < -0.39 is 10.0 Å². The number of carbonyl (C=O) groups excluding carboxylic acids is 1. The lowest BCUT2D eigenvalue weighted by molar-refractivity contribution is 0.0894. The van der Waals surface area contributed by atoms with Crippen molar-refractivity contribution in [3.63, 3.8) is 0 Å². The Bertz CT molecular complexity index is 631. The van der Waals surface area contributed by atoms with Gasteiger partial charge in [0.1, 0.15) is 0 Å². The van der Waals surface area contributed by atoms with E-state index in [4.69, 9.17) is 9.88 Å². The number of hydrogen-bond donors (Lipinski definition) is 2. The number of nitrogens with two attached hydrogens (primary N) is 1. The zero-order valence-corrected chi connectivity index (χ0v) is 14.5. The lowest BCUT2D eigenvalue weighted by Gasteiger charge is -2.17. The molecule has 21 heavy (non-hydrogen) atoms. The lowest BCUT2D eigenvalue weighted by atomic mass is 10.1. The molecule has 0 bridgehead atoms. The van der Waals surface area contributed by atoms with Gasteiger partial charge in [-0.1, -0.05) is 6.92 Å². The molecule has 1 unspecified atom stereocenters. The number of hydrogen-bond acceptors (Lipinski definition) is 4. The molecule has 0 aliphatic carbocycles. The van der Waals surface area contributed by atoms with Crippen LogP contribution in [0.2, 0.25) is 0 Å². The van der Waals surface area contributed by atoms with Crippen molar-refractivity contribution in [3.8, 4) is 0 Å². The summed E-state index contributed by atoms with van der Waals surface area (Å²) in [6.07, 6.45) is 0.705. The van der Waals surface area contributed by atoms with Crippen molar-refractivity contribution in [2.24, 2.45) is 5.14 Å². The van der Waals surface area contributed by atoms with Gasteiger partial charge in [-0.05, 0) is 47.0 Å². The molecule has 1 rings (SSSR count). The third-order valence-electron chi connectivity index (χ3n) is 2.99. The van der Waals surface area contributed by atoms with Gasteiger partial charge in [-0.25, -0.2) is 13.6 Å². The Morgan fingerprint density at radius 1 is 1.48 bits per heavy atom. The molecule has 1 aromatic carbocycles. The molecule has 0 saturated carbocycles. The number of rotatable bonds is 6. The highest BCUT2D eigenvalue weighted by Gasteiger charge is 2.19. The quantitative estimate of drug-likeness (QED) is 0.784. The number of sulfonamides is 1. The Labute approximate surface area is 133 Å². The Morgan fingerprint density at radius 2 is 2.10 bits per heavy atom. The molecule has 0 heterocycles. The van der Waals surface area contributed by atoms with Crippen LogP contribution >= 0.6 is 15.9 Å². The van der Waals surface area contributed by atoms with Gasteiger partial charge in [-0.2, -0.15) is 0 Å². The number of methoxy groups -OCH3 is 1. The molecule has 0 spiro atoms. The van der Waals surface area contributed by atoms with Crippen molar-refractivity contribution in [3.05, 3.63) is 27.7 Å². The molecule has 0 saturated heterocycles. The summed E-state index contributed by atoms with van der Waals surface area (Å²) in [5.41, 5.74) is 0.862. The Morgan fingerprint density at radius 3 is 2.57 bits per heavy atom. The zero-order valence-electron chi connectivity index (χ0n) is 12.1. The van der Waals surface area contributed by atoms with Crippen LogP contribution in [0.25, 0.3) is 0 Å². The molecular weight excluding hydrogens is 360 g/mol. The molecule has 6 nitrogen and oxygen atoms in total. The number of primary sulfonamides is 1. The summed E-state index contributed by atoms with van der Waals surface area (Å²) < 4.78 is 28.5. The minimum atomic E-state index is -3.91. The van der Waals surface area contributed by atoms with E-state index in [1.807, 2.05) is 6.92 Å². The van der Waals surface area contributed by atoms with Crippen LogP contribution < -0.4 is 10.5 Å². The minimum Gasteiger partial charge on any atom is -0.383 e. The lowest BCUT2D eigenvalue weighted by Crippen LogP contribution is -2.37. The summed E-state index contributed by atoms with van der Waals surface area (Å²) in [6.45, 7) is 4.01. The summed E-state index contributed by atoms with van der Waals surface area (Å²) in [5.74, 6) is -0.362. The molecule has 3 N–H and O–H groups in total. The first kappa shape index (κ1) is 18.1. The van der Waals surface area contributed by atoms with E-state index >= 15 is 0 Å². The highest BCUT2D eigenvalue weighted by atomic mass is 79.9. The summed E-state index contributed by atoms with van der Waals surface area (Å²) in [5, 5.41) is 7.96. The fraction of sp³-hybridized carbons (Fsp3) is 0.462. The van der Waals surface area contributed by atoms with Gasteiger partial charge in [0.2, 0.25) is 10.0 Å². The number of ether oxygens (including phenoxy) is 1. The van der Waals surface area contributed by atoms with Crippen LogP contribution in [0.4, 0.5) is 0 Å². The fourth-order valence-electron chi connectivity index (χ4n) is 1.81. The second-order valence-corrected chi connectivity index (χ2v) is 7.01. The monoisotopic (exact) mass is 378 g/mol. The zero-order chi connectivity index (χ0) is 16.2. The van der Waals surface area contributed by atoms with Crippen molar-refractivity contribution in [2.75, 3.05) is 13.7 Å². The van der Waals surface area contributed by atoms with Gasteiger partial charge in [0, 0.05) is 17.1 Å². The van der Waals surface area contributed by atoms with Gasteiger partial charge >= 0.3 is 0 Å². The van der Waals surface area contributed by atoms with E-state index in [0.29, 0.717) is 23.1 Å². The van der Waals surface area contributed by atoms with E-state index in [0.717, 1.165) is 0 Å². The van der Waals surface area contributed by atoms with Gasteiger partial charge < -0.3 is 10.1 Å². The van der Waals surface area contributed by atoms with Crippen LogP contribution in [0, 0.1) is 6.92 Å². The first-order valence-electron chi connectivity index (χ1n) is 6.33. The van der Waals surface area contributed by atoms with Crippen molar-refractivity contribution in [1.29, 1.82) is 0 Å². The van der Waals surface area contributed by atoms with Gasteiger partial charge in [-0.3, -0.25) is 4.79 Å². The van der Waals surface area contributed by atoms with E-state index in [2.05, 4.69) is 21.2 Å². The first-order chi connectivity index (χ1) is 9.70. The molecule has 8 heteroatoms. The van der Waals surface area contributed by atoms with Crippen LogP contribution in [0.3, 0.4) is 0 Å². The molecule has 1 amide bonds. The van der Waals surface area contributed by atoms with E-state index in [-0.39, 0.29) is 22.4 Å². The number of aryl methyl sites for hydroxylation is 1. The van der Waals surface area contributed by atoms with Gasteiger partial charge in [0.25, 0.3) is 5.91 Å². The summed E-state index contributed by atoms with van der Waals surface area (Å²) in [4.78, 5) is 12.1. The maximum Gasteiger partial charge on any atom is 0.251 e. The average Bonchev–Trinajstić information content (AvgIpc) is 2.39. The van der Waals surface area contributed by atoms with Crippen LogP contribution in [0.15, 0.2) is 21.5 Å². The van der Waals surface area contributed by atoms with Crippen LogP contribution in [-0.2, 0) is 14.8 Å². The Hall–Kier alpha value is -0.960. The first-order valence-corrected chi connectivity index (χ1v) is 8.67. The van der Waals surface area contributed by atoms with Crippen molar-refractivity contribution >= 4 is 31.9 Å². The predicted octanol–water partition coefficient (Wildman–Crippen LogP) is 1.56. The van der Waals surface area contributed by atoms with Gasteiger partial charge in [-0.15, -0.1) is 0 Å². The second kappa shape index (κ2) is 7.35. The topological polar surface area (TPSA) is 98.5 Å². The maximum atomic E-state index is 12.2. The standard InChI is InChI=1S/C13H19BrN2O4S/c1-4-10(7-20-3)16-13(17)9-5-8(2)12(14)11(6-9)21(15,18)19/h5-6,10H,4,7H2,1-3H3,(H,16,17)(H2,15,18,19). The Kier molecular flexibility index (Phi) is 6.33. The largest absolute Gasteiger partial charge is 0.383 e. The molecule has 0 radical (unpaired) electrons. The SMILES string of the molecule is CCC(COC)NC(=O)c1cc(C)c(Br)c(S(N)(=O)=O)c1.